The summed E-state index contributed by atoms with van der Waals surface area (Å²) in [6.07, 6.45) is 10.6. The first-order valence-corrected chi connectivity index (χ1v) is 21.2. The van der Waals surface area contributed by atoms with E-state index >= 15 is 0 Å². The maximum Gasteiger partial charge on any atom is 0.100 e. The van der Waals surface area contributed by atoms with Crippen molar-refractivity contribution in [1.29, 1.82) is 10.5 Å². The average molecular weight is 783 g/mol. The number of benzene rings is 7. The predicted octanol–water partition coefficient (Wildman–Crippen LogP) is 15.1. The molecule has 0 unspecified atom stereocenters. The first-order valence-electron chi connectivity index (χ1n) is 21.2. The molecule has 0 saturated carbocycles. The Labute approximate surface area is 357 Å². The molecule has 60 heavy (non-hydrogen) atoms. The summed E-state index contributed by atoms with van der Waals surface area (Å²) in [5.41, 5.74) is 12.5. The van der Waals surface area contributed by atoms with Gasteiger partial charge in [0.2, 0.25) is 0 Å². The fraction of sp³-hybridized carbons (Fsp3) is 0.214. The number of nitrogens with zero attached hydrogens (tertiary/aromatic N) is 4. The zero-order valence-electron chi connectivity index (χ0n) is 35.8. The molecule has 4 heteroatoms. The van der Waals surface area contributed by atoms with Crippen molar-refractivity contribution in [3.05, 3.63) is 178 Å². The third-order valence-corrected chi connectivity index (χ3v) is 11.3. The van der Waals surface area contributed by atoms with Crippen LogP contribution in [0.4, 0.5) is 22.7 Å². The summed E-state index contributed by atoms with van der Waals surface area (Å²) in [6, 6.07) is 51.9. The van der Waals surface area contributed by atoms with Gasteiger partial charge < -0.3 is 9.80 Å². The third kappa shape index (κ3) is 9.69. The minimum absolute atomic E-state index is 0.581. The highest BCUT2D eigenvalue weighted by Crippen LogP contribution is 2.35. The van der Waals surface area contributed by atoms with Crippen molar-refractivity contribution in [2.45, 2.75) is 54.4 Å². The summed E-state index contributed by atoms with van der Waals surface area (Å²) in [7, 11) is 0. The van der Waals surface area contributed by atoms with E-state index in [0.717, 1.165) is 69.7 Å². The fourth-order valence-electron chi connectivity index (χ4n) is 7.67. The van der Waals surface area contributed by atoms with Gasteiger partial charge in [0, 0.05) is 57.4 Å². The largest absolute Gasteiger partial charge is 0.341 e. The van der Waals surface area contributed by atoms with E-state index in [1.54, 1.807) is 0 Å². The standard InChI is InChI=1S/C56H54N4/c1-39(2)31-33-59(47-21-7-41(5)8-22-47)49-25-15-43(16-26-49)11-13-45-19-29-51-53(35-45)55(37-57)52-30-20-46(36-54(52)56(51)38-58)14-12-44-17-27-50(28-18-44)60(34-32-40(3)4)48-23-9-42(6)10-24-48/h7-30,35-36,39-40H,31-34H2,1-6H3/b13-11+,14-12+. The van der Waals surface area contributed by atoms with Crippen LogP contribution in [0, 0.1) is 48.3 Å². The van der Waals surface area contributed by atoms with Gasteiger partial charge in [-0.3, -0.25) is 0 Å². The number of rotatable bonds is 14. The molecule has 298 valence electrons. The quantitative estimate of drug-likeness (QED) is 0.0814. The molecule has 0 bridgehead atoms. The van der Waals surface area contributed by atoms with Gasteiger partial charge in [-0.05, 0) is 121 Å². The van der Waals surface area contributed by atoms with Crippen LogP contribution in [0.2, 0.25) is 0 Å². The minimum atomic E-state index is 0.581. The summed E-state index contributed by atoms with van der Waals surface area (Å²) >= 11 is 0. The SMILES string of the molecule is Cc1ccc(N(CCC(C)C)c2ccc(/C=C/c3ccc4c(C#N)c5cc(/C=C/c6ccc(N(CCC(C)C)c7ccc(C)cc7)cc6)ccc5c(C#N)c4c3)cc2)cc1. The number of nitriles is 2. The van der Waals surface area contributed by atoms with Gasteiger partial charge in [-0.25, -0.2) is 0 Å². The molecule has 0 radical (unpaired) electrons. The first kappa shape index (κ1) is 41.3. The van der Waals surface area contributed by atoms with Crippen molar-refractivity contribution in [2.24, 2.45) is 11.8 Å². The average Bonchev–Trinajstić information content (AvgIpc) is 3.26. The van der Waals surface area contributed by atoms with Gasteiger partial charge >= 0.3 is 0 Å². The van der Waals surface area contributed by atoms with E-state index in [9.17, 15) is 10.5 Å². The fourth-order valence-corrected chi connectivity index (χ4v) is 7.67. The summed E-state index contributed by atoms with van der Waals surface area (Å²) in [5.74, 6) is 1.23. The molecule has 0 atom stereocenters. The van der Waals surface area contributed by atoms with Crippen LogP contribution in [0.15, 0.2) is 133 Å². The molecule has 7 aromatic rings. The summed E-state index contributed by atoms with van der Waals surface area (Å²) in [6.45, 7) is 15.2. The van der Waals surface area contributed by atoms with Gasteiger partial charge in [0.15, 0.2) is 0 Å². The molecule has 0 saturated heterocycles. The molecule has 0 spiro atoms. The van der Waals surface area contributed by atoms with Gasteiger partial charge in [0.1, 0.15) is 12.1 Å². The van der Waals surface area contributed by atoms with Crippen molar-refractivity contribution >= 4 is 68.6 Å². The minimum Gasteiger partial charge on any atom is -0.341 e. The molecular weight excluding hydrogens is 729 g/mol. The highest BCUT2D eigenvalue weighted by Gasteiger charge is 2.16. The lowest BCUT2D eigenvalue weighted by atomic mass is 9.90. The molecule has 0 aliphatic carbocycles. The topological polar surface area (TPSA) is 54.1 Å². The Balaban J connectivity index is 1.12. The Kier molecular flexibility index (Phi) is 12.9. The number of hydrogen-bond donors (Lipinski definition) is 0. The van der Waals surface area contributed by atoms with Crippen LogP contribution in [0.5, 0.6) is 0 Å². The monoisotopic (exact) mass is 782 g/mol. The normalized spacial score (nSPS) is 11.6. The van der Waals surface area contributed by atoms with Crippen molar-refractivity contribution in [2.75, 3.05) is 22.9 Å². The Hall–Kier alpha value is -6.88. The molecule has 7 rings (SSSR count). The van der Waals surface area contributed by atoms with E-state index in [1.807, 2.05) is 36.4 Å². The van der Waals surface area contributed by atoms with Crippen LogP contribution < -0.4 is 9.80 Å². The molecule has 0 N–H and O–H groups in total. The van der Waals surface area contributed by atoms with E-state index in [1.165, 1.54) is 33.9 Å². The number of anilines is 4. The van der Waals surface area contributed by atoms with E-state index in [0.29, 0.717) is 23.0 Å². The lowest BCUT2D eigenvalue weighted by molar-refractivity contribution is 0.591. The van der Waals surface area contributed by atoms with Gasteiger partial charge in [-0.2, -0.15) is 10.5 Å². The van der Waals surface area contributed by atoms with Crippen molar-refractivity contribution in [3.63, 3.8) is 0 Å². The van der Waals surface area contributed by atoms with Crippen molar-refractivity contribution < 1.29 is 0 Å². The maximum atomic E-state index is 10.5. The Morgan fingerprint density at radius 1 is 0.417 bits per heavy atom. The van der Waals surface area contributed by atoms with Crippen LogP contribution in [-0.2, 0) is 0 Å². The van der Waals surface area contributed by atoms with Crippen LogP contribution in [0.3, 0.4) is 0 Å². The lowest BCUT2D eigenvalue weighted by Gasteiger charge is -2.26. The molecule has 0 aliphatic heterocycles. The lowest BCUT2D eigenvalue weighted by Crippen LogP contribution is -2.19. The van der Waals surface area contributed by atoms with Gasteiger partial charge in [-0.1, -0.05) is 136 Å². The van der Waals surface area contributed by atoms with Crippen LogP contribution in [0.25, 0.3) is 45.8 Å². The van der Waals surface area contributed by atoms with Gasteiger partial charge in [0.25, 0.3) is 0 Å². The summed E-state index contributed by atoms with van der Waals surface area (Å²) in [4.78, 5) is 4.79. The Morgan fingerprint density at radius 2 is 0.717 bits per heavy atom. The maximum absolute atomic E-state index is 10.5. The molecule has 0 aromatic heterocycles. The second-order valence-electron chi connectivity index (χ2n) is 16.8. The van der Waals surface area contributed by atoms with Gasteiger partial charge in [-0.15, -0.1) is 0 Å². The molecule has 0 aliphatic rings. The highest BCUT2D eigenvalue weighted by atomic mass is 15.1. The Bertz CT molecular complexity index is 2530. The van der Waals surface area contributed by atoms with Crippen LogP contribution >= 0.6 is 0 Å². The van der Waals surface area contributed by atoms with Crippen LogP contribution in [0.1, 0.15) is 85.0 Å². The third-order valence-electron chi connectivity index (χ3n) is 11.3. The van der Waals surface area contributed by atoms with E-state index in [-0.39, 0.29) is 0 Å². The summed E-state index contributed by atoms with van der Waals surface area (Å²) < 4.78 is 0. The van der Waals surface area contributed by atoms with E-state index in [2.05, 4.69) is 185 Å². The number of aryl methyl sites for hydroxylation is 2. The smallest absolute Gasteiger partial charge is 0.100 e. The van der Waals surface area contributed by atoms with Gasteiger partial charge in [0.05, 0.1) is 11.1 Å². The zero-order valence-corrected chi connectivity index (χ0v) is 35.8. The molecular formula is C56H54N4. The highest BCUT2D eigenvalue weighted by molar-refractivity contribution is 6.10. The molecule has 0 amide bonds. The molecule has 0 fully saturated rings. The Morgan fingerprint density at radius 3 is 1.03 bits per heavy atom. The molecule has 0 heterocycles. The zero-order chi connectivity index (χ0) is 42.2. The van der Waals surface area contributed by atoms with Crippen molar-refractivity contribution in [1.82, 2.24) is 0 Å². The number of fused-ring (bicyclic) bond motifs is 2. The summed E-state index contributed by atoms with van der Waals surface area (Å²) in [5, 5.41) is 24.1. The van der Waals surface area contributed by atoms with Crippen molar-refractivity contribution in [3.8, 4) is 12.1 Å². The number of hydrogen-bond acceptors (Lipinski definition) is 4. The second kappa shape index (κ2) is 18.8. The molecule has 4 nitrogen and oxygen atoms in total. The van der Waals surface area contributed by atoms with E-state index in [4.69, 9.17) is 0 Å². The first-order chi connectivity index (χ1) is 29.1. The predicted molar refractivity (Wildman–Crippen MR) is 257 cm³/mol. The van der Waals surface area contributed by atoms with E-state index < -0.39 is 0 Å². The second-order valence-corrected chi connectivity index (χ2v) is 16.8. The molecule has 7 aromatic carbocycles. The van der Waals surface area contributed by atoms with Crippen LogP contribution in [-0.4, -0.2) is 13.1 Å².